The van der Waals surface area contributed by atoms with E-state index in [9.17, 15) is 0 Å². The monoisotopic (exact) mass is 1800 g/mol. The average Bonchev–Trinajstić information content (AvgIpc) is 1.60. The van der Waals surface area contributed by atoms with Crippen molar-refractivity contribution in [1.82, 2.24) is 37.4 Å². The lowest BCUT2D eigenvalue weighted by Crippen LogP contribution is -2.02. The lowest BCUT2D eigenvalue weighted by Gasteiger charge is -2.17. The molecular formula is C134H84N8. The van der Waals surface area contributed by atoms with Gasteiger partial charge in [-0.2, -0.15) is 0 Å². The van der Waals surface area contributed by atoms with E-state index in [0.29, 0.717) is 5.82 Å². The summed E-state index contributed by atoms with van der Waals surface area (Å²) >= 11 is 0. The maximum Gasteiger partial charge on any atom is 0.160 e. The molecule has 0 amide bonds. The second-order valence-electron chi connectivity index (χ2n) is 37.5. The van der Waals surface area contributed by atoms with Crippen molar-refractivity contribution in [3.8, 4) is 135 Å². The second kappa shape index (κ2) is 32.3. The van der Waals surface area contributed by atoms with Crippen LogP contribution in [-0.4, -0.2) is 37.4 Å². The predicted molar refractivity (Wildman–Crippen MR) is 594 cm³/mol. The lowest BCUT2D eigenvalue weighted by atomic mass is 9.92. The Morgan fingerprint density at radius 1 is 0.113 bits per heavy atom. The standard InChI is InChI=1S/C134H84N8/c1-7-30-85(31-8-1)97-71-98(86-32-9-2-10-33-86)73-99(72-97)87-34-29-35-96(70-87)133-111-48-19-24-49-120(111)135-134(136-133)100-74-105(141-129-66-58-92(88-54-62-125-112(76-88)107-44-20-25-50-121(107)137(125)101-36-11-3-12-37-101)80-116(129)117-81-93(59-67-130(117)141)89-55-63-126-113(77-89)108-45-21-26-51-122(108)138(126)102-38-13-4-14-39-102)84-106(75-100)142-131-68-60-94(90-56-64-127-114(78-90)109-46-22-27-52-123(109)139(127)103-40-15-5-16-41-103)82-118(131)119-83-95(61-69-132(119)142)91-57-65-128-115(79-91)110-47-23-28-53-124(110)140(128)104-42-17-6-18-43-104/h1-84H. The first-order chi connectivity index (χ1) is 70.4. The van der Waals surface area contributed by atoms with Crippen molar-refractivity contribution in [2.45, 2.75) is 0 Å². The van der Waals surface area contributed by atoms with Crippen LogP contribution in [0.2, 0.25) is 0 Å². The fourth-order valence-electron chi connectivity index (χ4n) is 23.0. The Labute approximate surface area is 817 Å². The number of hydrogen-bond donors (Lipinski definition) is 0. The first-order valence-electron chi connectivity index (χ1n) is 48.7. The van der Waals surface area contributed by atoms with Gasteiger partial charge in [0.2, 0.25) is 0 Å². The summed E-state index contributed by atoms with van der Waals surface area (Å²) in [5.41, 5.74) is 39.2. The van der Waals surface area contributed by atoms with Gasteiger partial charge in [0, 0.05) is 115 Å². The molecule has 0 unspecified atom stereocenters. The maximum absolute atomic E-state index is 5.98. The van der Waals surface area contributed by atoms with Crippen LogP contribution in [0.3, 0.4) is 0 Å². The number of hydrogen-bond acceptors (Lipinski definition) is 2. The largest absolute Gasteiger partial charge is 0.309 e. The molecule has 0 atom stereocenters. The van der Waals surface area contributed by atoms with Gasteiger partial charge in [0.1, 0.15) is 0 Å². The molecule has 29 rings (SSSR count). The molecule has 660 valence electrons. The van der Waals surface area contributed by atoms with Crippen LogP contribution >= 0.6 is 0 Å². The fourth-order valence-corrected chi connectivity index (χ4v) is 23.0. The van der Waals surface area contributed by atoms with Crippen LogP contribution < -0.4 is 0 Å². The number of nitrogens with zero attached hydrogens (tertiary/aromatic N) is 8. The molecule has 0 aliphatic heterocycles. The normalized spacial score (nSPS) is 11.9. The molecule has 0 aliphatic rings. The van der Waals surface area contributed by atoms with Crippen molar-refractivity contribution in [3.63, 3.8) is 0 Å². The molecule has 142 heavy (non-hydrogen) atoms. The third-order valence-corrected chi connectivity index (χ3v) is 29.5. The van der Waals surface area contributed by atoms with E-state index in [1.54, 1.807) is 0 Å². The van der Waals surface area contributed by atoms with Crippen LogP contribution in [0.1, 0.15) is 0 Å². The summed E-state index contributed by atoms with van der Waals surface area (Å²) in [5, 5.41) is 15.0. The third kappa shape index (κ3) is 13.0. The molecule has 0 saturated heterocycles. The molecule has 22 aromatic carbocycles. The highest BCUT2D eigenvalue weighted by atomic mass is 15.0. The van der Waals surface area contributed by atoms with Crippen LogP contribution in [0.25, 0.3) is 276 Å². The molecule has 0 fully saturated rings. The highest BCUT2D eigenvalue weighted by Crippen LogP contribution is 2.48. The van der Waals surface area contributed by atoms with E-state index in [1.807, 2.05) is 0 Å². The van der Waals surface area contributed by atoms with E-state index in [0.717, 1.165) is 205 Å². The molecule has 29 aromatic rings. The first kappa shape index (κ1) is 80.3. The third-order valence-electron chi connectivity index (χ3n) is 29.5. The number of para-hydroxylation sites is 9. The van der Waals surface area contributed by atoms with Crippen LogP contribution in [-0.2, 0) is 0 Å². The summed E-state index contributed by atoms with van der Waals surface area (Å²) in [5.74, 6) is 0.594. The Morgan fingerprint density at radius 3 is 0.641 bits per heavy atom. The Kier molecular flexibility index (Phi) is 18.3. The van der Waals surface area contributed by atoms with Gasteiger partial charge >= 0.3 is 0 Å². The molecule has 7 heterocycles. The molecule has 0 spiro atoms. The van der Waals surface area contributed by atoms with Gasteiger partial charge in [0.15, 0.2) is 5.82 Å². The lowest BCUT2D eigenvalue weighted by molar-refractivity contribution is 1.13. The summed E-state index contributed by atoms with van der Waals surface area (Å²) in [6.07, 6.45) is 0. The fraction of sp³-hybridized carbons (Fsp3) is 0. The molecule has 8 nitrogen and oxygen atoms in total. The van der Waals surface area contributed by atoms with Gasteiger partial charge in [-0.15, -0.1) is 0 Å². The highest BCUT2D eigenvalue weighted by molar-refractivity contribution is 6.19. The zero-order valence-corrected chi connectivity index (χ0v) is 77.1. The smallest absolute Gasteiger partial charge is 0.160 e. The van der Waals surface area contributed by atoms with Crippen molar-refractivity contribution in [1.29, 1.82) is 0 Å². The Bertz CT molecular complexity index is 9280. The van der Waals surface area contributed by atoms with E-state index < -0.39 is 0 Å². The molecule has 7 aromatic heterocycles. The summed E-state index contributed by atoms with van der Waals surface area (Å²) < 4.78 is 14.6. The molecule has 0 saturated carbocycles. The van der Waals surface area contributed by atoms with Crippen LogP contribution in [0.4, 0.5) is 0 Å². The van der Waals surface area contributed by atoms with Crippen molar-refractivity contribution in [3.05, 3.63) is 510 Å². The van der Waals surface area contributed by atoms with Gasteiger partial charge < -0.3 is 27.4 Å². The van der Waals surface area contributed by atoms with Gasteiger partial charge in [-0.3, -0.25) is 0 Å². The topological polar surface area (TPSA) is 55.4 Å². The molecule has 0 radical (unpaired) electrons. The van der Waals surface area contributed by atoms with Crippen LogP contribution in [0.15, 0.2) is 510 Å². The van der Waals surface area contributed by atoms with E-state index in [4.69, 9.17) is 9.97 Å². The van der Waals surface area contributed by atoms with E-state index in [2.05, 4.69) is 537 Å². The van der Waals surface area contributed by atoms with Crippen molar-refractivity contribution >= 4 is 142 Å². The van der Waals surface area contributed by atoms with Crippen LogP contribution in [0.5, 0.6) is 0 Å². The van der Waals surface area contributed by atoms with Crippen molar-refractivity contribution < 1.29 is 0 Å². The zero-order valence-electron chi connectivity index (χ0n) is 77.1. The van der Waals surface area contributed by atoms with Crippen molar-refractivity contribution in [2.75, 3.05) is 0 Å². The number of aromatic nitrogens is 8. The first-order valence-corrected chi connectivity index (χ1v) is 48.7. The number of benzene rings is 22. The molecular weight excluding hydrogens is 1720 g/mol. The number of fused-ring (bicyclic) bond motifs is 19. The average molecular weight is 1810 g/mol. The maximum atomic E-state index is 5.98. The van der Waals surface area contributed by atoms with E-state index in [-0.39, 0.29) is 0 Å². The minimum atomic E-state index is 0.594. The zero-order chi connectivity index (χ0) is 93.1. The quantitative estimate of drug-likeness (QED) is 0.103. The summed E-state index contributed by atoms with van der Waals surface area (Å²) in [4.78, 5) is 11.8. The van der Waals surface area contributed by atoms with Gasteiger partial charge in [-0.05, 0) is 296 Å². The molecule has 0 aliphatic carbocycles. The summed E-state index contributed by atoms with van der Waals surface area (Å²) in [7, 11) is 0. The Balaban J connectivity index is 0.677. The van der Waals surface area contributed by atoms with Crippen LogP contribution in [0, 0.1) is 0 Å². The van der Waals surface area contributed by atoms with Gasteiger partial charge in [-0.25, -0.2) is 9.97 Å². The van der Waals surface area contributed by atoms with Gasteiger partial charge in [0.05, 0.1) is 77.4 Å². The minimum Gasteiger partial charge on any atom is -0.309 e. The Morgan fingerprint density at radius 2 is 0.331 bits per heavy atom. The minimum absolute atomic E-state index is 0.594. The Hall–Kier alpha value is -19.0. The van der Waals surface area contributed by atoms with Gasteiger partial charge in [-0.1, -0.05) is 291 Å². The second-order valence-corrected chi connectivity index (χ2v) is 37.5. The molecule has 0 N–H and O–H groups in total. The SMILES string of the molecule is c1ccc(-c2cc(-c3ccccc3)cc(-c3cccc(-c4nc(-c5cc(-n6c7ccc(-c8ccc9c(c8)c8ccccc8n9-c8ccccc8)cc7c7cc(-c8ccc9c(c8)c8ccccc8n9-c8ccccc8)ccc76)cc(-n6c7ccc(-c8ccc9c(c8)c8ccccc8n9-c8ccccc8)cc7c7cc(-c8ccc9c(c8)c8ccccc8n9-c8ccccc8)ccc76)c5)nc5ccccc45)c3)c2)cc1. The predicted octanol–water partition coefficient (Wildman–Crippen LogP) is 35.2. The summed E-state index contributed by atoms with van der Waals surface area (Å²) in [6.45, 7) is 0. The molecule has 0 bridgehead atoms. The van der Waals surface area contributed by atoms with E-state index >= 15 is 0 Å². The number of rotatable bonds is 15. The van der Waals surface area contributed by atoms with E-state index in [1.165, 1.54) is 65.2 Å². The summed E-state index contributed by atoms with van der Waals surface area (Å²) in [6, 6.07) is 188. The highest BCUT2D eigenvalue weighted by Gasteiger charge is 2.27. The van der Waals surface area contributed by atoms with Gasteiger partial charge in [0.25, 0.3) is 0 Å². The van der Waals surface area contributed by atoms with Crippen molar-refractivity contribution in [2.24, 2.45) is 0 Å². The molecule has 8 heteroatoms.